The molecule has 0 aliphatic heterocycles. The first kappa shape index (κ1) is 16.5. The summed E-state index contributed by atoms with van der Waals surface area (Å²) >= 11 is 6.64. The predicted molar refractivity (Wildman–Crippen MR) is 87.3 cm³/mol. The van der Waals surface area contributed by atoms with Gasteiger partial charge in [0.1, 0.15) is 6.04 Å². The number of carbonyl (C=O) groups is 2. The second-order valence-corrected chi connectivity index (χ2v) is 7.08. The van der Waals surface area contributed by atoms with Gasteiger partial charge < -0.3 is 10.4 Å². The van der Waals surface area contributed by atoms with Gasteiger partial charge in [-0.2, -0.15) is 0 Å². The van der Waals surface area contributed by atoms with Crippen molar-refractivity contribution in [3.63, 3.8) is 0 Å². The fourth-order valence-corrected chi connectivity index (χ4v) is 3.53. The zero-order chi connectivity index (χ0) is 15.4. The van der Waals surface area contributed by atoms with E-state index in [-0.39, 0.29) is 11.8 Å². The van der Waals surface area contributed by atoms with Crippen molar-refractivity contribution >= 4 is 43.7 Å². The summed E-state index contributed by atoms with van der Waals surface area (Å²) in [5.41, 5.74) is 0.437. The average Bonchev–Trinajstić information content (AvgIpc) is 2.47. The van der Waals surface area contributed by atoms with Crippen LogP contribution in [0.5, 0.6) is 0 Å². The zero-order valence-electron chi connectivity index (χ0n) is 11.4. The van der Waals surface area contributed by atoms with Crippen molar-refractivity contribution in [1.29, 1.82) is 0 Å². The van der Waals surface area contributed by atoms with Gasteiger partial charge in [0.05, 0.1) is 5.56 Å². The quantitative estimate of drug-likeness (QED) is 0.777. The maximum Gasteiger partial charge on any atom is 0.326 e. The standard InChI is InChI=1S/C15H17Br2NO3/c16-10-6-7-12(17)11(8-10)14(19)18-13(15(20)21)9-4-2-1-3-5-9/h6-9,13H,1-5H2,(H,18,19)(H,20,21). The van der Waals surface area contributed by atoms with Crippen LogP contribution in [0.1, 0.15) is 42.5 Å². The van der Waals surface area contributed by atoms with Crippen molar-refractivity contribution in [2.75, 3.05) is 0 Å². The third-order valence-corrected chi connectivity index (χ3v) is 5.03. The van der Waals surface area contributed by atoms with Gasteiger partial charge in [-0.25, -0.2) is 4.79 Å². The maximum absolute atomic E-state index is 12.3. The first-order valence-corrected chi connectivity index (χ1v) is 8.56. The third kappa shape index (κ3) is 4.30. The monoisotopic (exact) mass is 417 g/mol. The number of benzene rings is 1. The van der Waals surface area contributed by atoms with Gasteiger partial charge in [-0.05, 0) is 52.9 Å². The van der Waals surface area contributed by atoms with E-state index in [1.54, 1.807) is 12.1 Å². The molecule has 1 aliphatic rings. The van der Waals surface area contributed by atoms with Gasteiger partial charge in [0.2, 0.25) is 0 Å². The molecular formula is C15H17Br2NO3. The molecule has 0 aromatic heterocycles. The molecule has 0 saturated heterocycles. The molecule has 4 nitrogen and oxygen atoms in total. The van der Waals surface area contributed by atoms with E-state index in [9.17, 15) is 14.7 Å². The predicted octanol–water partition coefficient (Wildman–Crippen LogP) is 3.97. The molecule has 1 aromatic rings. The van der Waals surface area contributed by atoms with Crippen LogP contribution in [0.4, 0.5) is 0 Å². The Bertz CT molecular complexity index is 542. The van der Waals surface area contributed by atoms with Crippen LogP contribution in [0.15, 0.2) is 27.1 Å². The molecule has 1 atom stereocenters. The van der Waals surface area contributed by atoms with Crippen molar-refractivity contribution in [2.45, 2.75) is 38.1 Å². The molecular weight excluding hydrogens is 402 g/mol. The lowest BCUT2D eigenvalue weighted by molar-refractivity contribution is -0.141. The Hall–Kier alpha value is -0.880. The summed E-state index contributed by atoms with van der Waals surface area (Å²) in [6.45, 7) is 0. The summed E-state index contributed by atoms with van der Waals surface area (Å²) in [5, 5.41) is 12.1. The molecule has 1 amide bonds. The molecule has 1 fully saturated rings. The highest BCUT2D eigenvalue weighted by Crippen LogP contribution is 2.27. The summed E-state index contributed by atoms with van der Waals surface area (Å²) < 4.78 is 1.43. The molecule has 1 unspecified atom stereocenters. The Morgan fingerprint density at radius 2 is 1.86 bits per heavy atom. The highest BCUT2D eigenvalue weighted by Gasteiger charge is 2.31. The summed E-state index contributed by atoms with van der Waals surface area (Å²) in [7, 11) is 0. The van der Waals surface area contributed by atoms with Crippen LogP contribution >= 0.6 is 31.9 Å². The molecule has 0 radical (unpaired) electrons. The molecule has 1 aliphatic carbocycles. The Morgan fingerprint density at radius 1 is 1.19 bits per heavy atom. The minimum atomic E-state index is -0.957. The second-order valence-electron chi connectivity index (χ2n) is 5.31. The van der Waals surface area contributed by atoms with E-state index in [1.807, 2.05) is 6.07 Å². The zero-order valence-corrected chi connectivity index (χ0v) is 14.6. The molecule has 114 valence electrons. The van der Waals surface area contributed by atoms with Crippen molar-refractivity contribution < 1.29 is 14.7 Å². The topological polar surface area (TPSA) is 66.4 Å². The van der Waals surface area contributed by atoms with E-state index in [2.05, 4.69) is 37.2 Å². The lowest BCUT2D eigenvalue weighted by Crippen LogP contribution is -2.46. The van der Waals surface area contributed by atoms with Crippen molar-refractivity contribution in [2.24, 2.45) is 5.92 Å². The first-order valence-electron chi connectivity index (χ1n) is 6.98. The Kier molecular flexibility index (Phi) is 5.81. The molecule has 2 rings (SSSR count). The number of carboxylic acid groups (broad SMARTS) is 1. The number of aliphatic carboxylic acids is 1. The van der Waals surface area contributed by atoms with Gasteiger partial charge in [0.25, 0.3) is 5.91 Å². The number of amides is 1. The number of halogens is 2. The van der Waals surface area contributed by atoms with Crippen LogP contribution in [0.25, 0.3) is 0 Å². The van der Waals surface area contributed by atoms with Gasteiger partial charge in [-0.1, -0.05) is 35.2 Å². The number of carboxylic acids is 1. The van der Waals surface area contributed by atoms with Crippen LogP contribution in [-0.4, -0.2) is 23.0 Å². The van der Waals surface area contributed by atoms with Crippen LogP contribution in [0.2, 0.25) is 0 Å². The smallest absolute Gasteiger partial charge is 0.326 e. The van der Waals surface area contributed by atoms with Gasteiger partial charge in [0, 0.05) is 8.95 Å². The lowest BCUT2D eigenvalue weighted by atomic mass is 9.84. The van der Waals surface area contributed by atoms with E-state index < -0.39 is 12.0 Å². The molecule has 0 heterocycles. The van der Waals surface area contributed by atoms with Gasteiger partial charge in [-0.3, -0.25) is 4.79 Å². The van der Waals surface area contributed by atoms with Crippen molar-refractivity contribution in [3.8, 4) is 0 Å². The van der Waals surface area contributed by atoms with E-state index in [1.165, 1.54) is 0 Å². The highest BCUT2D eigenvalue weighted by molar-refractivity contribution is 9.11. The van der Waals surface area contributed by atoms with Crippen molar-refractivity contribution in [1.82, 2.24) is 5.32 Å². The minimum absolute atomic E-state index is 0.0196. The van der Waals surface area contributed by atoms with E-state index in [0.29, 0.717) is 10.0 Å². The Labute approximate surface area is 140 Å². The Morgan fingerprint density at radius 3 is 2.48 bits per heavy atom. The van der Waals surface area contributed by atoms with Gasteiger partial charge in [-0.15, -0.1) is 0 Å². The van der Waals surface area contributed by atoms with E-state index >= 15 is 0 Å². The van der Waals surface area contributed by atoms with E-state index in [0.717, 1.165) is 36.6 Å². The van der Waals surface area contributed by atoms with Crippen LogP contribution < -0.4 is 5.32 Å². The van der Waals surface area contributed by atoms with E-state index in [4.69, 9.17) is 0 Å². The molecule has 21 heavy (non-hydrogen) atoms. The van der Waals surface area contributed by atoms with Crippen LogP contribution in [-0.2, 0) is 4.79 Å². The molecule has 1 aromatic carbocycles. The second kappa shape index (κ2) is 7.40. The van der Waals surface area contributed by atoms with Crippen molar-refractivity contribution in [3.05, 3.63) is 32.7 Å². The fraction of sp³-hybridized carbons (Fsp3) is 0.467. The van der Waals surface area contributed by atoms with Gasteiger partial charge >= 0.3 is 5.97 Å². The number of rotatable bonds is 4. The highest BCUT2D eigenvalue weighted by atomic mass is 79.9. The summed E-state index contributed by atoms with van der Waals surface area (Å²) in [6, 6.07) is 4.44. The number of hydrogen-bond acceptors (Lipinski definition) is 2. The molecule has 0 bridgehead atoms. The fourth-order valence-electron chi connectivity index (χ4n) is 2.74. The summed E-state index contributed by atoms with van der Waals surface area (Å²) in [6.07, 6.45) is 4.93. The van der Waals surface area contributed by atoms with Crippen LogP contribution in [0, 0.1) is 5.92 Å². The maximum atomic E-state index is 12.3. The first-order chi connectivity index (χ1) is 9.99. The van der Waals surface area contributed by atoms with Crippen LogP contribution in [0.3, 0.4) is 0 Å². The number of nitrogens with one attached hydrogen (secondary N) is 1. The average molecular weight is 419 g/mol. The van der Waals surface area contributed by atoms with Gasteiger partial charge in [0.15, 0.2) is 0 Å². The summed E-state index contributed by atoms with van der Waals surface area (Å²) in [5.74, 6) is -1.30. The molecule has 1 saturated carbocycles. The number of hydrogen-bond donors (Lipinski definition) is 2. The largest absolute Gasteiger partial charge is 0.480 e. The SMILES string of the molecule is O=C(NC(C(=O)O)C1CCCCC1)c1cc(Br)ccc1Br. The molecule has 6 heteroatoms. The number of carbonyl (C=O) groups excluding carboxylic acids is 1. The molecule has 0 spiro atoms. The third-order valence-electron chi connectivity index (χ3n) is 3.85. The molecule has 2 N–H and O–H groups in total. The minimum Gasteiger partial charge on any atom is -0.480 e. The lowest BCUT2D eigenvalue weighted by Gasteiger charge is -2.28. The summed E-state index contributed by atoms with van der Waals surface area (Å²) in [4.78, 5) is 23.8. The normalized spacial score (nSPS) is 17.2. The Balaban J connectivity index is 2.14.